The van der Waals surface area contributed by atoms with Gasteiger partial charge >= 0.3 is 0 Å². The average Bonchev–Trinajstić information content (AvgIpc) is 3.14. The summed E-state index contributed by atoms with van der Waals surface area (Å²) in [4.78, 5) is 2.10. The van der Waals surface area contributed by atoms with Crippen molar-refractivity contribution in [2.75, 3.05) is 27.2 Å². The Morgan fingerprint density at radius 1 is 0.385 bits per heavy atom. The summed E-state index contributed by atoms with van der Waals surface area (Å²) in [6.45, 7) is 5.79. The minimum absolute atomic E-state index is 0.0639. The Hall–Kier alpha value is -3.56. The van der Waals surface area contributed by atoms with Crippen LogP contribution in [0, 0.1) is 0 Å². The van der Waals surface area contributed by atoms with Crippen LogP contribution in [-0.2, 0) is 9.47 Å². The molecule has 0 radical (unpaired) electrons. The second-order valence-electron chi connectivity index (χ2n) is 13.5. The number of rotatable bonds is 35. The van der Waals surface area contributed by atoms with E-state index in [1.54, 1.807) is 12.5 Å². The molecule has 0 bridgehead atoms. The Morgan fingerprint density at radius 3 is 1.10 bits per heavy atom. The largest absolute Gasteiger partial charge is 0.497 e. The van der Waals surface area contributed by atoms with E-state index in [-0.39, 0.29) is 6.10 Å². The third-order valence-corrected chi connectivity index (χ3v) is 8.10. The van der Waals surface area contributed by atoms with Crippen molar-refractivity contribution in [3.05, 3.63) is 146 Å². The topological polar surface area (TPSA) is 21.7 Å². The summed E-state index contributed by atoms with van der Waals surface area (Å²) >= 11 is 0. The molecule has 0 N–H and O–H groups in total. The number of hydrogen-bond donors (Lipinski definition) is 0. The molecule has 0 aliphatic heterocycles. The molecule has 0 heterocycles. The van der Waals surface area contributed by atoms with Crippen LogP contribution in [0.4, 0.5) is 0 Å². The first-order valence-electron chi connectivity index (χ1n) is 20.6. The molecule has 0 saturated heterocycles. The highest BCUT2D eigenvalue weighted by Gasteiger charge is 2.09. The molecule has 1 unspecified atom stereocenters. The van der Waals surface area contributed by atoms with E-state index in [1.165, 1.54) is 116 Å². The second-order valence-corrected chi connectivity index (χ2v) is 13.5. The van der Waals surface area contributed by atoms with Gasteiger partial charge in [0.05, 0.1) is 12.5 Å². The van der Waals surface area contributed by atoms with E-state index in [2.05, 4.69) is 67.4 Å². The smallest absolute Gasteiger partial charge is 0.144 e. The summed E-state index contributed by atoms with van der Waals surface area (Å²) in [6, 6.07) is 0. The van der Waals surface area contributed by atoms with Gasteiger partial charge in [-0.05, 0) is 51.9 Å². The van der Waals surface area contributed by atoms with Crippen molar-refractivity contribution in [2.45, 2.75) is 136 Å². The molecule has 52 heavy (non-hydrogen) atoms. The number of nitrogens with zero attached hydrogens (tertiary/aromatic N) is 1. The molecule has 0 aromatic rings. The minimum Gasteiger partial charge on any atom is -0.497 e. The van der Waals surface area contributed by atoms with E-state index in [9.17, 15) is 0 Å². The van der Waals surface area contributed by atoms with Crippen LogP contribution >= 0.6 is 0 Å². The highest BCUT2D eigenvalue weighted by atomic mass is 16.5. The number of ether oxygens (including phenoxy) is 2. The maximum absolute atomic E-state index is 5.90. The fourth-order valence-electron chi connectivity index (χ4n) is 5.18. The maximum Gasteiger partial charge on any atom is 0.144 e. The number of likely N-dealkylation sites (N-methyl/N-ethyl adjacent to an activating group) is 1. The zero-order chi connectivity index (χ0) is 37.7. The summed E-state index contributed by atoms with van der Waals surface area (Å²) in [5, 5.41) is 0. The maximum atomic E-state index is 5.90. The summed E-state index contributed by atoms with van der Waals surface area (Å²) < 4.78 is 11.6. The van der Waals surface area contributed by atoms with Crippen molar-refractivity contribution in [1.82, 2.24) is 4.90 Å². The minimum atomic E-state index is -0.0639. The molecular weight excluding hydrogens is 635 g/mol. The van der Waals surface area contributed by atoms with Gasteiger partial charge in [0.15, 0.2) is 0 Å². The van der Waals surface area contributed by atoms with Gasteiger partial charge in [0.25, 0.3) is 0 Å². The van der Waals surface area contributed by atoms with Gasteiger partial charge in [0, 0.05) is 6.54 Å². The Balaban J connectivity index is 4.07. The van der Waals surface area contributed by atoms with E-state index in [0.29, 0.717) is 6.61 Å². The van der Waals surface area contributed by atoms with Crippen molar-refractivity contribution >= 4 is 0 Å². The van der Waals surface area contributed by atoms with E-state index >= 15 is 0 Å². The molecule has 0 saturated carbocycles. The predicted molar refractivity (Wildman–Crippen MR) is 234 cm³/mol. The zero-order valence-electron chi connectivity index (χ0n) is 33.8. The molecule has 0 rings (SSSR count). The lowest BCUT2D eigenvalue weighted by atomic mass is 10.1. The second kappa shape index (κ2) is 43.6. The van der Waals surface area contributed by atoms with Crippen molar-refractivity contribution in [3.63, 3.8) is 0 Å². The zero-order valence-corrected chi connectivity index (χ0v) is 33.8. The van der Waals surface area contributed by atoms with Crippen LogP contribution in [0.15, 0.2) is 146 Å². The number of unbranched alkanes of at least 4 members (excludes halogenated alkanes) is 16. The van der Waals surface area contributed by atoms with Crippen molar-refractivity contribution < 1.29 is 9.47 Å². The molecule has 3 nitrogen and oxygen atoms in total. The number of allylic oxidation sites excluding steroid dienone is 22. The predicted octanol–water partition coefficient (Wildman–Crippen LogP) is 14.6. The van der Waals surface area contributed by atoms with Crippen LogP contribution in [-0.4, -0.2) is 38.3 Å². The third kappa shape index (κ3) is 42.6. The molecule has 0 aliphatic carbocycles. The molecule has 0 amide bonds. The van der Waals surface area contributed by atoms with Gasteiger partial charge in [-0.1, -0.05) is 225 Å². The lowest BCUT2D eigenvalue weighted by molar-refractivity contribution is 0.0502. The molecule has 1 atom stereocenters. The Labute approximate surface area is 322 Å². The van der Waals surface area contributed by atoms with Crippen molar-refractivity contribution in [2.24, 2.45) is 0 Å². The van der Waals surface area contributed by atoms with Gasteiger partial charge in [0.1, 0.15) is 12.7 Å². The molecular formula is C49H77NO2. The molecule has 290 valence electrons. The third-order valence-electron chi connectivity index (χ3n) is 8.10. The van der Waals surface area contributed by atoms with Crippen LogP contribution in [0.25, 0.3) is 0 Å². The first kappa shape index (κ1) is 48.4. The first-order chi connectivity index (χ1) is 25.7. The Kier molecular flexibility index (Phi) is 40.6. The molecule has 0 aromatic heterocycles. The molecule has 0 aliphatic rings. The van der Waals surface area contributed by atoms with Gasteiger partial charge in [-0.25, -0.2) is 0 Å². The Bertz CT molecular complexity index is 1110. The van der Waals surface area contributed by atoms with Gasteiger partial charge < -0.3 is 14.4 Å². The number of hydrogen-bond acceptors (Lipinski definition) is 3. The lowest BCUT2D eigenvalue weighted by Gasteiger charge is -2.19. The molecule has 0 fully saturated rings. The molecule has 0 aromatic carbocycles. The van der Waals surface area contributed by atoms with E-state index in [0.717, 1.165) is 6.54 Å². The van der Waals surface area contributed by atoms with Crippen LogP contribution in [0.5, 0.6) is 0 Å². The lowest BCUT2D eigenvalue weighted by Crippen LogP contribution is -2.30. The molecule has 0 spiro atoms. The summed E-state index contributed by atoms with van der Waals surface area (Å²) in [5.41, 5.74) is 0. The van der Waals surface area contributed by atoms with Crippen LogP contribution in [0.2, 0.25) is 0 Å². The summed E-state index contributed by atoms with van der Waals surface area (Å²) in [5.74, 6) is 0. The summed E-state index contributed by atoms with van der Waals surface area (Å²) in [6.07, 6.45) is 72.8. The fraction of sp³-hybridized carbons (Fsp3) is 0.510. The van der Waals surface area contributed by atoms with Crippen LogP contribution < -0.4 is 0 Å². The van der Waals surface area contributed by atoms with Crippen molar-refractivity contribution in [1.29, 1.82) is 0 Å². The van der Waals surface area contributed by atoms with E-state index in [1.807, 2.05) is 99.2 Å². The van der Waals surface area contributed by atoms with Gasteiger partial charge in [-0.2, -0.15) is 0 Å². The summed E-state index contributed by atoms with van der Waals surface area (Å²) in [7, 11) is 4.07. The van der Waals surface area contributed by atoms with Gasteiger partial charge in [0.2, 0.25) is 0 Å². The molecule has 3 heteroatoms. The first-order valence-corrected chi connectivity index (χ1v) is 20.6. The monoisotopic (exact) mass is 712 g/mol. The van der Waals surface area contributed by atoms with Gasteiger partial charge in [-0.3, -0.25) is 0 Å². The average molecular weight is 712 g/mol. The van der Waals surface area contributed by atoms with Crippen molar-refractivity contribution in [3.8, 4) is 0 Å². The Morgan fingerprint density at radius 2 is 0.712 bits per heavy atom. The van der Waals surface area contributed by atoms with E-state index in [4.69, 9.17) is 9.47 Å². The normalized spacial score (nSPS) is 14.1. The van der Waals surface area contributed by atoms with Crippen LogP contribution in [0.3, 0.4) is 0 Å². The van der Waals surface area contributed by atoms with Crippen LogP contribution in [0.1, 0.15) is 129 Å². The van der Waals surface area contributed by atoms with E-state index < -0.39 is 0 Å². The van der Waals surface area contributed by atoms with Gasteiger partial charge in [-0.15, -0.1) is 0 Å². The highest BCUT2D eigenvalue weighted by Crippen LogP contribution is 2.11. The standard InChI is InChI=1S/C49H77NO2/c1-5-7-9-11-13-15-17-19-21-23-25-27-29-31-33-35-37-39-41-43-45-51-48-49(47-50(3)4)52-46-44-42-40-38-36-34-32-30-28-26-24-22-20-18-16-14-12-10-8-6-2/h23-46,49H,5-22,47-48H2,1-4H3. The highest BCUT2D eigenvalue weighted by molar-refractivity contribution is 5.20. The quantitative estimate of drug-likeness (QED) is 0.0371. The SMILES string of the molecule is CCCCCCCCCCC=CC=CC=CC=CC=CC=COCC(CN(C)C)OC=CC=CC=CC=CC=CC=CCCCCCCCCCC. The fourth-order valence-corrected chi connectivity index (χ4v) is 5.18.